The molecule has 2 N–H and O–H groups in total. The van der Waals surface area contributed by atoms with Gasteiger partial charge < -0.3 is 20.1 Å². The molecule has 5 rings (SSSR count). The van der Waals surface area contributed by atoms with Crippen LogP contribution in [0.5, 0.6) is 5.75 Å². The second-order valence-corrected chi connectivity index (χ2v) is 9.86. The minimum atomic E-state index is -1.04. The van der Waals surface area contributed by atoms with E-state index >= 15 is 0 Å². The fourth-order valence-corrected chi connectivity index (χ4v) is 5.63. The maximum Gasteiger partial charge on any atom is 0.173 e. The van der Waals surface area contributed by atoms with E-state index in [1.807, 2.05) is 84.9 Å². The van der Waals surface area contributed by atoms with Crippen LogP contribution in [0.25, 0.3) is 11.1 Å². The summed E-state index contributed by atoms with van der Waals surface area (Å²) in [5, 5.41) is 16.3. The van der Waals surface area contributed by atoms with Crippen LogP contribution in [-0.2, 0) is 5.60 Å². The van der Waals surface area contributed by atoms with Crippen LogP contribution >= 0.6 is 12.2 Å². The maximum atomic E-state index is 12.2. The minimum absolute atomic E-state index is 0.0762. The highest BCUT2D eigenvalue weighted by molar-refractivity contribution is 7.80. The van der Waals surface area contributed by atoms with E-state index in [0.29, 0.717) is 5.11 Å². The summed E-state index contributed by atoms with van der Waals surface area (Å²) in [5.41, 5.74) is 3.91. The lowest BCUT2D eigenvalue weighted by atomic mass is 9.72. The SMILES string of the molecule is COc1ccc(-c2ccccc2)cc1NC(=S)N1CCC(C(O)(c2ccccc2)c2ccccc2)CC1. The molecule has 1 saturated heterocycles. The molecule has 4 aromatic rings. The second kappa shape index (κ2) is 11.2. The number of ether oxygens (including phenoxy) is 1. The van der Waals surface area contributed by atoms with Crippen LogP contribution < -0.4 is 10.1 Å². The predicted molar refractivity (Wildman–Crippen MR) is 155 cm³/mol. The van der Waals surface area contributed by atoms with Crippen LogP contribution in [0.4, 0.5) is 5.69 Å². The van der Waals surface area contributed by atoms with Gasteiger partial charge in [0.05, 0.1) is 12.8 Å². The molecule has 188 valence electrons. The van der Waals surface area contributed by atoms with Crippen LogP contribution in [-0.4, -0.2) is 35.3 Å². The molecule has 0 spiro atoms. The van der Waals surface area contributed by atoms with Gasteiger partial charge in [-0.05, 0) is 65.4 Å². The Hall–Kier alpha value is -3.67. The van der Waals surface area contributed by atoms with Gasteiger partial charge >= 0.3 is 0 Å². The summed E-state index contributed by atoms with van der Waals surface area (Å²) in [6, 6.07) is 36.4. The fraction of sp³-hybridized carbons (Fsp3) is 0.219. The van der Waals surface area contributed by atoms with Gasteiger partial charge in [-0.1, -0.05) is 97.1 Å². The molecule has 4 aromatic carbocycles. The third-order valence-corrected chi connectivity index (χ3v) is 7.71. The zero-order valence-electron chi connectivity index (χ0n) is 21.0. The Labute approximate surface area is 224 Å². The van der Waals surface area contributed by atoms with E-state index in [4.69, 9.17) is 17.0 Å². The van der Waals surface area contributed by atoms with Gasteiger partial charge in [-0.15, -0.1) is 0 Å². The number of methoxy groups -OCH3 is 1. The average molecular weight is 509 g/mol. The Morgan fingerprint density at radius 2 is 1.35 bits per heavy atom. The van der Waals surface area contributed by atoms with Crippen LogP contribution in [0.15, 0.2) is 109 Å². The van der Waals surface area contributed by atoms with Gasteiger partial charge in [0.1, 0.15) is 11.4 Å². The van der Waals surface area contributed by atoms with Crippen molar-refractivity contribution in [1.29, 1.82) is 0 Å². The van der Waals surface area contributed by atoms with Crippen molar-refractivity contribution in [2.24, 2.45) is 5.92 Å². The topological polar surface area (TPSA) is 44.7 Å². The van der Waals surface area contributed by atoms with Crippen LogP contribution in [0.1, 0.15) is 24.0 Å². The summed E-state index contributed by atoms with van der Waals surface area (Å²) in [5.74, 6) is 0.826. The van der Waals surface area contributed by atoms with Gasteiger partial charge in [-0.2, -0.15) is 0 Å². The Bertz CT molecular complexity index is 1280. The lowest BCUT2D eigenvalue weighted by Gasteiger charge is -2.43. The zero-order valence-corrected chi connectivity index (χ0v) is 21.8. The Morgan fingerprint density at radius 1 is 0.811 bits per heavy atom. The Morgan fingerprint density at radius 3 is 1.89 bits per heavy atom. The van der Waals surface area contributed by atoms with Crippen molar-refractivity contribution in [3.8, 4) is 16.9 Å². The van der Waals surface area contributed by atoms with E-state index in [9.17, 15) is 5.11 Å². The number of thiocarbonyl (C=S) groups is 1. The molecule has 0 unspecified atom stereocenters. The quantitative estimate of drug-likeness (QED) is 0.284. The molecule has 0 saturated carbocycles. The van der Waals surface area contributed by atoms with Gasteiger partial charge in [0.15, 0.2) is 5.11 Å². The van der Waals surface area contributed by atoms with Crippen molar-refractivity contribution in [1.82, 2.24) is 4.90 Å². The normalized spacial score (nSPS) is 14.3. The fourth-order valence-electron chi connectivity index (χ4n) is 5.33. The van der Waals surface area contributed by atoms with Gasteiger partial charge in [0.2, 0.25) is 0 Å². The first-order valence-corrected chi connectivity index (χ1v) is 13.1. The number of nitrogens with zero attached hydrogens (tertiary/aromatic N) is 1. The molecule has 0 bridgehead atoms. The van der Waals surface area contributed by atoms with E-state index in [2.05, 4.69) is 34.5 Å². The van der Waals surface area contributed by atoms with Crippen molar-refractivity contribution < 1.29 is 9.84 Å². The van der Waals surface area contributed by atoms with Crippen molar-refractivity contribution in [3.63, 3.8) is 0 Å². The zero-order chi connectivity index (χ0) is 25.7. The van der Waals surface area contributed by atoms with Crippen molar-refractivity contribution in [2.45, 2.75) is 18.4 Å². The Kier molecular flexibility index (Phi) is 7.54. The highest BCUT2D eigenvalue weighted by Crippen LogP contribution is 2.42. The molecule has 0 radical (unpaired) electrons. The van der Waals surface area contributed by atoms with E-state index < -0.39 is 5.60 Å². The summed E-state index contributed by atoms with van der Waals surface area (Å²) < 4.78 is 5.61. The minimum Gasteiger partial charge on any atom is -0.495 e. The molecule has 1 aliphatic rings. The van der Waals surface area contributed by atoms with E-state index in [-0.39, 0.29) is 5.92 Å². The van der Waals surface area contributed by atoms with Crippen LogP contribution in [0.3, 0.4) is 0 Å². The van der Waals surface area contributed by atoms with Gasteiger partial charge in [0.25, 0.3) is 0 Å². The molecule has 1 heterocycles. The van der Waals surface area contributed by atoms with Crippen LogP contribution in [0, 0.1) is 5.92 Å². The molecule has 1 aliphatic heterocycles. The summed E-state index contributed by atoms with van der Waals surface area (Å²) in [4.78, 5) is 2.19. The van der Waals surface area contributed by atoms with Crippen LogP contribution in [0.2, 0.25) is 0 Å². The highest BCUT2D eigenvalue weighted by Gasteiger charge is 2.41. The third-order valence-electron chi connectivity index (χ3n) is 7.35. The second-order valence-electron chi connectivity index (χ2n) is 9.47. The van der Waals surface area contributed by atoms with Gasteiger partial charge in [0, 0.05) is 13.1 Å². The lowest BCUT2D eigenvalue weighted by molar-refractivity contribution is -0.00631. The van der Waals surface area contributed by atoms with E-state index in [0.717, 1.165) is 59.6 Å². The van der Waals surface area contributed by atoms with E-state index in [1.165, 1.54) is 0 Å². The first-order valence-electron chi connectivity index (χ1n) is 12.7. The average Bonchev–Trinajstić information content (AvgIpc) is 2.98. The molecule has 37 heavy (non-hydrogen) atoms. The van der Waals surface area contributed by atoms with Crippen molar-refractivity contribution in [2.75, 3.05) is 25.5 Å². The molecule has 0 aromatic heterocycles. The van der Waals surface area contributed by atoms with Gasteiger partial charge in [-0.25, -0.2) is 0 Å². The first-order chi connectivity index (χ1) is 18.1. The number of piperidine rings is 1. The highest BCUT2D eigenvalue weighted by atomic mass is 32.1. The molecule has 1 fully saturated rings. The van der Waals surface area contributed by atoms with Gasteiger partial charge in [-0.3, -0.25) is 0 Å². The lowest BCUT2D eigenvalue weighted by Crippen LogP contribution is -2.47. The first kappa shape index (κ1) is 25.0. The molecule has 0 atom stereocenters. The third kappa shape index (κ3) is 5.24. The van der Waals surface area contributed by atoms with Crippen molar-refractivity contribution in [3.05, 3.63) is 120 Å². The maximum absolute atomic E-state index is 12.2. The number of aliphatic hydroxyl groups is 1. The van der Waals surface area contributed by atoms with E-state index in [1.54, 1.807) is 7.11 Å². The molecule has 4 nitrogen and oxygen atoms in total. The molecule has 5 heteroatoms. The smallest absolute Gasteiger partial charge is 0.173 e. The summed E-state index contributed by atoms with van der Waals surface area (Å²) in [6.07, 6.45) is 1.65. The molecular weight excluding hydrogens is 476 g/mol. The monoisotopic (exact) mass is 508 g/mol. The predicted octanol–water partition coefficient (Wildman–Crippen LogP) is 6.71. The number of nitrogens with one attached hydrogen (secondary N) is 1. The number of benzene rings is 4. The number of likely N-dealkylation sites (tertiary alicyclic amines) is 1. The number of hydrogen-bond donors (Lipinski definition) is 2. The standard InChI is InChI=1S/C32H32N2O2S/c1-36-30-18-17-25(24-11-5-2-6-12-24)23-29(30)33-31(37)34-21-19-28(20-22-34)32(35,26-13-7-3-8-14-26)27-15-9-4-10-16-27/h2-18,23,28,35H,19-22H2,1H3,(H,33,37). The molecular formula is C32H32N2O2S. The summed E-state index contributed by atoms with van der Waals surface area (Å²) in [6.45, 7) is 1.53. The molecule has 0 aliphatic carbocycles. The number of rotatable bonds is 6. The van der Waals surface area contributed by atoms with Crippen molar-refractivity contribution >= 4 is 23.0 Å². The Balaban J connectivity index is 1.32. The summed E-state index contributed by atoms with van der Waals surface area (Å²) in [7, 11) is 1.67. The molecule has 0 amide bonds. The number of hydrogen-bond acceptors (Lipinski definition) is 3. The number of anilines is 1. The summed E-state index contributed by atoms with van der Waals surface area (Å²) >= 11 is 5.84. The largest absolute Gasteiger partial charge is 0.495 e.